The third kappa shape index (κ3) is 5.56. The molecule has 1 rings (SSSR count). The van der Waals surface area contributed by atoms with Gasteiger partial charge in [0.1, 0.15) is 0 Å². The minimum absolute atomic E-state index is 0.216. The second kappa shape index (κ2) is 8.54. The highest BCUT2D eigenvalue weighted by atomic mass is 35.5. The van der Waals surface area contributed by atoms with Crippen molar-refractivity contribution >= 4 is 11.6 Å². The molecule has 17 heavy (non-hydrogen) atoms. The molecule has 0 saturated carbocycles. The number of rotatable bonds is 8. The number of aliphatic hydroxyl groups excluding tert-OH is 1. The van der Waals surface area contributed by atoms with Crippen molar-refractivity contribution in [3.05, 3.63) is 34.9 Å². The summed E-state index contributed by atoms with van der Waals surface area (Å²) in [4.78, 5) is 0. The van der Waals surface area contributed by atoms with Crippen molar-refractivity contribution in [1.29, 1.82) is 0 Å². The number of hydrogen-bond donors (Lipinski definition) is 1. The van der Waals surface area contributed by atoms with Crippen LogP contribution in [0.3, 0.4) is 0 Å². The van der Waals surface area contributed by atoms with Crippen LogP contribution in [-0.2, 0) is 0 Å². The van der Waals surface area contributed by atoms with Gasteiger partial charge in [-0.05, 0) is 24.1 Å². The van der Waals surface area contributed by atoms with E-state index < -0.39 is 0 Å². The Hall–Kier alpha value is -0.530. The fourth-order valence-corrected chi connectivity index (χ4v) is 2.32. The van der Waals surface area contributed by atoms with Gasteiger partial charge in [-0.1, -0.05) is 62.8 Å². The third-order valence-electron chi connectivity index (χ3n) is 3.20. The fourth-order valence-electron chi connectivity index (χ4n) is 2.12. The normalized spacial score (nSPS) is 12.6. The Bertz CT molecular complexity index is 312. The molecule has 0 aliphatic rings. The Balaban J connectivity index is 2.38. The van der Waals surface area contributed by atoms with Gasteiger partial charge in [-0.15, -0.1) is 0 Å². The topological polar surface area (TPSA) is 20.2 Å². The minimum atomic E-state index is 0.216. The zero-order valence-corrected chi connectivity index (χ0v) is 11.4. The summed E-state index contributed by atoms with van der Waals surface area (Å²) in [5, 5.41) is 10.2. The maximum Gasteiger partial charge on any atom is 0.0499 e. The van der Waals surface area contributed by atoms with Gasteiger partial charge in [-0.25, -0.2) is 0 Å². The minimum Gasteiger partial charge on any atom is -0.396 e. The SMILES string of the molecule is CCCCCCCC(CO)c1cccc(Cl)c1. The second-order valence-electron chi connectivity index (χ2n) is 4.64. The zero-order chi connectivity index (χ0) is 12.5. The van der Waals surface area contributed by atoms with E-state index in [4.69, 9.17) is 11.6 Å². The summed E-state index contributed by atoms with van der Waals surface area (Å²) in [5.74, 6) is 0.246. The summed E-state index contributed by atoms with van der Waals surface area (Å²) >= 11 is 5.97. The summed E-state index contributed by atoms with van der Waals surface area (Å²) in [6.07, 6.45) is 7.42. The largest absolute Gasteiger partial charge is 0.396 e. The maximum absolute atomic E-state index is 9.43. The van der Waals surface area contributed by atoms with Crippen LogP contribution < -0.4 is 0 Å². The third-order valence-corrected chi connectivity index (χ3v) is 3.43. The quantitative estimate of drug-likeness (QED) is 0.662. The lowest BCUT2D eigenvalue weighted by atomic mass is 9.94. The standard InChI is InChI=1S/C15H23ClO/c1-2-3-4-5-6-8-14(12-17)13-9-7-10-15(16)11-13/h7,9-11,14,17H,2-6,8,12H2,1H3. The van der Waals surface area contributed by atoms with Crippen molar-refractivity contribution in [2.45, 2.75) is 51.4 Å². The average molecular weight is 255 g/mol. The van der Waals surface area contributed by atoms with Crippen LogP contribution in [0.25, 0.3) is 0 Å². The monoisotopic (exact) mass is 254 g/mol. The summed E-state index contributed by atoms with van der Waals surface area (Å²) < 4.78 is 0. The van der Waals surface area contributed by atoms with E-state index in [-0.39, 0.29) is 12.5 Å². The highest BCUT2D eigenvalue weighted by molar-refractivity contribution is 6.30. The summed E-state index contributed by atoms with van der Waals surface area (Å²) in [6.45, 7) is 2.44. The average Bonchev–Trinajstić information content (AvgIpc) is 2.34. The molecule has 1 aromatic carbocycles. The number of aliphatic hydroxyl groups is 1. The van der Waals surface area contributed by atoms with Gasteiger partial charge in [-0.2, -0.15) is 0 Å². The predicted molar refractivity (Wildman–Crippen MR) is 74.7 cm³/mol. The molecule has 1 aromatic rings. The van der Waals surface area contributed by atoms with Gasteiger partial charge in [0.15, 0.2) is 0 Å². The van der Waals surface area contributed by atoms with E-state index in [9.17, 15) is 5.11 Å². The lowest BCUT2D eigenvalue weighted by Crippen LogP contribution is -2.04. The molecule has 0 bridgehead atoms. The van der Waals surface area contributed by atoms with Crippen LogP contribution in [0, 0.1) is 0 Å². The Labute approximate surface area is 110 Å². The van der Waals surface area contributed by atoms with E-state index >= 15 is 0 Å². The van der Waals surface area contributed by atoms with Crippen molar-refractivity contribution in [2.24, 2.45) is 0 Å². The Kier molecular flexibility index (Phi) is 7.30. The van der Waals surface area contributed by atoms with E-state index in [1.807, 2.05) is 18.2 Å². The van der Waals surface area contributed by atoms with Gasteiger partial charge in [0.25, 0.3) is 0 Å². The molecule has 0 aromatic heterocycles. The maximum atomic E-state index is 9.43. The molecule has 0 fully saturated rings. The highest BCUT2D eigenvalue weighted by Crippen LogP contribution is 2.24. The molecule has 0 heterocycles. The lowest BCUT2D eigenvalue weighted by molar-refractivity contribution is 0.256. The lowest BCUT2D eigenvalue weighted by Gasteiger charge is -2.14. The van der Waals surface area contributed by atoms with E-state index in [1.54, 1.807) is 0 Å². The molecule has 1 unspecified atom stereocenters. The molecule has 0 aliphatic carbocycles. The Morgan fingerprint density at radius 2 is 1.94 bits per heavy atom. The number of halogens is 1. The summed E-state index contributed by atoms with van der Waals surface area (Å²) in [7, 11) is 0. The van der Waals surface area contributed by atoms with Crippen LogP contribution in [0.5, 0.6) is 0 Å². The number of benzene rings is 1. The first-order valence-electron chi connectivity index (χ1n) is 6.64. The van der Waals surface area contributed by atoms with E-state index in [2.05, 4.69) is 13.0 Å². The van der Waals surface area contributed by atoms with Gasteiger partial charge in [0, 0.05) is 17.5 Å². The van der Waals surface area contributed by atoms with Crippen molar-refractivity contribution in [2.75, 3.05) is 6.61 Å². The molecule has 0 radical (unpaired) electrons. The number of hydrogen-bond acceptors (Lipinski definition) is 1. The van der Waals surface area contributed by atoms with E-state index in [0.29, 0.717) is 0 Å². The van der Waals surface area contributed by atoms with Crippen LogP contribution in [0.15, 0.2) is 24.3 Å². The molecular formula is C15H23ClO. The first kappa shape index (κ1) is 14.5. The highest BCUT2D eigenvalue weighted by Gasteiger charge is 2.10. The van der Waals surface area contributed by atoms with Crippen LogP contribution in [-0.4, -0.2) is 11.7 Å². The molecule has 0 amide bonds. The molecule has 0 spiro atoms. The van der Waals surface area contributed by atoms with Crippen molar-refractivity contribution < 1.29 is 5.11 Å². The van der Waals surface area contributed by atoms with Crippen LogP contribution in [0.4, 0.5) is 0 Å². The molecule has 0 aliphatic heterocycles. The van der Waals surface area contributed by atoms with Crippen molar-refractivity contribution in [1.82, 2.24) is 0 Å². The Morgan fingerprint density at radius 1 is 1.18 bits per heavy atom. The molecule has 1 N–H and O–H groups in total. The summed E-state index contributed by atoms with van der Waals surface area (Å²) in [5.41, 5.74) is 1.16. The van der Waals surface area contributed by atoms with Crippen molar-refractivity contribution in [3.63, 3.8) is 0 Å². The van der Waals surface area contributed by atoms with Gasteiger partial charge in [0.05, 0.1) is 0 Å². The molecule has 0 saturated heterocycles. The molecular weight excluding hydrogens is 232 g/mol. The van der Waals surface area contributed by atoms with Crippen LogP contribution in [0.1, 0.15) is 56.9 Å². The molecule has 96 valence electrons. The van der Waals surface area contributed by atoms with Gasteiger partial charge < -0.3 is 5.11 Å². The van der Waals surface area contributed by atoms with E-state index in [1.165, 1.54) is 32.1 Å². The van der Waals surface area contributed by atoms with Crippen molar-refractivity contribution in [3.8, 4) is 0 Å². The molecule has 2 heteroatoms. The van der Waals surface area contributed by atoms with Crippen LogP contribution >= 0.6 is 11.6 Å². The zero-order valence-electron chi connectivity index (χ0n) is 10.7. The fraction of sp³-hybridized carbons (Fsp3) is 0.600. The molecule has 1 atom stereocenters. The first-order valence-corrected chi connectivity index (χ1v) is 7.02. The van der Waals surface area contributed by atoms with Gasteiger partial charge in [-0.3, -0.25) is 0 Å². The summed E-state index contributed by atoms with van der Waals surface area (Å²) in [6, 6.07) is 7.85. The van der Waals surface area contributed by atoms with E-state index in [0.717, 1.165) is 17.0 Å². The van der Waals surface area contributed by atoms with Gasteiger partial charge in [0.2, 0.25) is 0 Å². The smallest absolute Gasteiger partial charge is 0.0499 e. The number of unbranched alkanes of at least 4 members (excludes halogenated alkanes) is 4. The first-order chi connectivity index (χ1) is 8.27. The second-order valence-corrected chi connectivity index (χ2v) is 5.07. The Morgan fingerprint density at radius 3 is 2.59 bits per heavy atom. The predicted octanol–water partition coefficient (Wildman–Crippen LogP) is 4.78. The molecule has 1 nitrogen and oxygen atoms in total. The van der Waals surface area contributed by atoms with Gasteiger partial charge >= 0.3 is 0 Å². The van der Waals surface area contributed by atoms with Crippen LogP contribution in [0.2, 0.25) is 5.02 Å².